The molecule has 1 amide bonds. The van der Waals surface area contributed by atoms with Crippen LogP contribution in [-0.2, 0) is 11.2 Å². The Morgan fingerprint density at radius 1 is 1.33 bits per heavy atom. The normalized spacial score (nSPS) is 16.8. The van der Waals surface area contributed by atoms with Crippen LogP contribution in [0.5, 0.6) is 0 Å². The fourth-order valence-corrected chi connectivity index (χ4v) is 3.59. The van der Waals surface area contributed by atoms with Gasteiger partial charge in [-0.15, -0.1) is 0 Å². The summed E-state index contributed by atoms with van der Waals surface area (Å²) in [6.45, 7) is 5.30. The second kappa shape index (κ2) is 8.92. The van der Waals surface area contributed by atoms with Gasteiger partial charge < -0.3 is 16.0 Å². The van der Waals surface area contributed by atoms with Crippen molar-refractivity contribution >= 4 is 12.2 Å². The van der Waals surface area contributed by atoms with E-state index in [-0.39, 0.29) is 11.9 Å². The number of nitrogens with zero attached hydrogens (tertiary/aromatic N) is 3. The molecule has 1 aromatic heterocycles. The smallest absolute Gasteiger partial charge is 0.328 e. The first-order valence-electron chi connectivity index (χ1n) is 9.44. The van der Waals surface area contributed by atoms with E-state index < -0.39 is 5.69 Å². The minimum atomic E-state index is -0.419. The number of carbonyl (C=O) groups is 1. The lowest BCUT2D eigenvalue weighted by atomic mass is 9.91. The van der Waals surface area contributed by atoms with Crippen LogP contribution in [0, 0.1) is 5.92 Å². The predicted molar refractivity (Wildman–Crippen MR) is 106 cm³/mol. The van der Waals surface area contributed by atoms with Gasteiger partial charge in [0.2, 0.25) is 6.41 Å². The van der Waals surface area contributed by atoms with Crippen molar-refractivity contribution in [1.29, 1.82) is 0 Å². The summed E-state index contributed by atoms with van der Waals surface area (Å²) in [5, 5.41) is 2.39. The molecule has 0 radical (unpaired) electrons. The van der Waals surface area contributed by atoms with Crippen LogP contribution in [0.1, 0.15) is 25.3 Å². The van der Waals surface area contributed by atoms with Gasteiger partial charge in [-0.1, -0.05) is 12.1 Å². The lowest BCUT2D eigenvalue weighted by Crippen LogP contribution is -2.40. The highest BCUT2D eigenvalue weighted by Gasteiger charge is 2.21. The van der Waals surface area contributed by atoms with Crippen molar-refractivity contribution in [3.8, 4) is 5.69 Å². The molecule has 0 bridgehead atoms. The number of rotatable bonds is 7. The highest BCUT2D eigenvalue weighted by atomic mass is 16.1. The predicted octanol–water partition coefficient (Wildman–Crippen LogP) is 1.40. The van der Waals surface area contributed by atoms with Crippen LogP contribution < -0.4 is 16.7 Å². The first kappa shape index (κ1) is 19.3. The Hall–Kier alpha value is -2.51. The van der Waals surface area contributed by atoms with E-state index in [9.17, 15) is 9.59 Å². The minimum Gasteiger partial charge on any atom is -0.328 e. The first-order chi connectivity index (χ1) is 13.1. The Balaban J connectivity index is 1.63. The largest absolute Gasteiger partial charge is 0.354 e. The van der Waals surface area contributed by atoms with Gasteiger partial charge in [0.15, 0.2) is 0 Å². The topological polar surface area (TPSA) is 93.2 Å². The standard InChI is InChI=1S/C20H27N5O2/c1-15(21)17-6-10-24(11-7-17)9-5-16-3-2-4-18(13-16)25-12-8-19(22-14-26)23-20(25)27/h2-4,8,12-15,17H,5-7,9-11,21H2,1H3,(H,22,23,26,27). The quantitative estimate of drug-likeness (QED) is 0.720. The third kappa shape index (κ3) is 5.02. The van der Waals surface area contributed by atoms with Gasteiger partial charge in [-0.3, -0.25) is 9.36 Å². The molecule has 7 nitrogen and oxygen atoms in total. The van der Waals surface area contributed by atoms with E-state index in [4.69, 9.17) is 5.73 Å². The van der Waals surface area contributed by atoms with Crippen molar-refractivity contribution in [2.24, 2.45) is 11.7 Å². The molecule has 1 aliphatic heterocycles. The van der Waals surface area contributed by atoms with Crippen LogP contribution >= 0.6 is 0 Å². The maximum atomic E-state index is 12.2. The minimum absolute atomic E-state index is 0.248. The van der Waals surface area contributed by atoms with E-state index >= 15 is 0 Å². The Labute approximate surface area is 159 Å². The molecule has 1 aromatic carbocycles. The van der Waals surface area contributed by atoms with E-state index in [0.29, 0.717) is 12.3 Å². The van der Waals surface area contributed by atoms with Crippen molar-refractivity contribution in [2.45, 2.75) is 32.2 Å². The van der Waals surface area contributed by atoms with Gasteiger partial charge in [-0.25, -0.2) is 4.79 Å². The summed E-state index contributed by atoms with van der Waals surface area (Å²) in [5.41, 5.74) is 7.56. The van der Waals surface area contributed by atoms with E-state index in [2.05, 4.69) is 28.2 Å². The monoisotopic (exact) mass is 369 g/mol. The van der Waals surface area contributed by atoms with Gasteiger partial charge in [0.25, 0.3) is 0 Å². The molecule has 0 spiro atoms. The van der Waals surface area contributed by atoms with Crippen molar-refractivity contribution in [3.05, 3.63) is 52.6 Å². The molecule has 144 valence electrons. The van der Waals surface area contributed by atoms with E-state index in [1.165, 1.54) is 23.0 Å². The molecule has 1 aliphatic rings. The Morgan fingerprint density at radius 2 is 2.11 bits per heavy atom. The Bertz CT molecular complexity index is 825. The molecule has 1 unspecified atom stereocenters. The van der Waals surface area contributed by atoms with E-state index in [1.807, 2.05) is 18.2 Å². The third-order valence-electron chi connectivity index (χ3n) is 5.29. The average Bonchev–Trinajstić information content (AvgIpc) is 2.67. The molecule has 27 heavy (non-hydrogen) atoms. The molecule has 3 rings (SSSR count). The van der Waals surface area contributed by atoms with Crippen LogP contribution in [0.2, 0.25) is 0 Å². The lowest BCUT2D eigenvalue weighted by molar-refractivity contribution is -0.105. The molecule has 0 aliphatic carbocycles. The lowest BCUT2D eigenvalue weighted by Gasteiger charge is -2.33. The molecule has 1 atom stereocenters. The molecule has 1 fully saturated rings. The van der Waals surface area contributed by atoms with Crippen molar-refractivity contribution in [2.75, 3.05) is 25.0 Å². The molecule has 1 saturated heterocycles. The second-order valence-electron chi connectivity index (χ2n) is 7.19. The van der Waals surface area contributed by atoms with E-state index in [0.717, 1.165) is 31.7 Å². The SMILES string of the molecule is CC(N)C1CCN(CCc2cccc(-n3ccc(NC=O)nc3=O)c2)CC1. The summed E-state index contributed by atoms with van der Waals surface area (Å²) in [6, 6.07) is 9.82. The van der Waals surface area contributed by atoms with Gasteiger partial charge >= 0.3 is 5.69 Å². The van der Waals surface area contributed by atoms with Crippen LogP contribution in [0.15, 0.2) is 41.3 Å². The zero-order valence-electron chi connectivity index (χ0n) is 15.7. The molecule has 2 heterocycles. The summed E-state index contributed by atoms with van der Waals surface area (Å²) in [4.78, 5) is 29.0. The molecular formula is C20H27N5O2. The molecule has 2 aromatic rings. The first-order valence-corrected chi connectivity index (χ1v) is 9.44. The number of piperidine rings is 1. The van der Waals surface area contributed by atoms with Crippen LogP contribution in [-0.4, -0.2) is 46.5 Å². The van der Waals surface area contributed by atoms with Gasteiger partial charge in [0, 0.05) is 18.8 Å². The number of anilines is 1. The number of amides is 1. The van der Waals surface area contributed by atoms with Crippen molar-refractivity contribution in [1.82, 2.24) is 14.5 Å². The Morgan fingerprint density at radius 3 is 2.78 bits per heavy atom. The van der Waals surface area contributed by atoms with Gasteiger partial charge in [-0.05, 0) is 69.0 Å². The second-order valence-corrected chi connectivity index (χ2v) is 7.19. The number of nitrogens with two attached hydrogens (primary N) is 1. The number of hydrogen-bond donors (Lipinski definition) is 2. The number of aromatic nitrogens is 2. The fourth-order valence-electron chi connectivity index (χ4n) is 3.59. The molecule has 0 saturated carbocycles. The summed E-state index contributed by atoms with van der Waals surface area (Å²) in [5.74, 6) is 0.887. The maximum Gasteiger partial charge on any atom is 0.354 e. The highest BCUT2D eigenvalue weighted by molar-refractivity contribution is 5.68. The average molecular weight is 369 g/mol. The number of nitrogens with one attached hydrogen (secondary N) is 1. The zero-order chi connectivity index (χ0) is 19.2. The van der Waals surface area contributed by atoms with Gasteiger partial charge in [0.1, 0.15) is 5.82 Å². The van der Waals surface area contributed by atoms with E-state index in [1.54, 1.807) is 12.3 Å². The molecule has 7 heteroatoms. The van der Waals surface area contributed by atoms with Gasteiger partial charge in [0.05, 0.1) is 5.69 Å². The number of hydrogen-bond acceptors (Lipinski definition) is 5. The molecular weight excluding hydrogens is 342 g/mol. The third-order valence-corrected chi connectivity index (χ3v) is 5.29. The number of likely N-dealkylation sites (tertiary alicyclic amines) is 1. The van der Waals surface area contributed by atoms with Crippen molar-refractivity contribution in [3.63, 3.8) is 0 Å². The molecule has 3 N–H and O–H groups in total. The summed E-state index contributed by atoms with van der Waals surface area (Å²) >= 11 is 0. The number of carbonyl (C=O) groups excluding carboxylic acids is 1. The Kier molecular flexibility index (Phi) is 6.36. The van der Waals surface area contributed by atoms with Crippen LogP contribution in [0.4, 0.5) is 5.82 Å². The maximum absolute atomic E-state index is 12.2. The zero-order valence-corrected chi connectivity index (χ0v) is 15.7. The highest BCUT2D eigenvalue weighted by Crippen LogP contribution is 2.20. The van der Waals surface area contributed by atoms with Crippen LogP contribution in [0.25, 0.3) is 5.69 Å². The fraction of sp³-hybridized carbons (Fsp3) is 0.450. The summed E-state index contributed by atoms with van der Waals surface area (Å²) in [7, 11) is 0. The summed E-state index contributed by atoms with van der Waals surface area (Å²) in [6.07, 6.45) is 5.40. The van der Waals surface area contributed by atoms with Crippen LogP contribution in [0.3, 0.4) is 0 Å². The summed E-state index contributed by atoms with van der Waals surface area (Å²) < 4.78 is 1.48. The van der Waals surface area contributed by atoms with Gasteiger partial charge in [-0.2, -0.15) is 4.98 Å². The van der Waals surface area contributed by atoms with Crippen molar-refractivity contribution < 1.29 is 4.79 Å². The number of benzene rings is 1.